The average molecular weight is 389 g/mol. The van der Waals surface area contributed by atoms with Crippen LogP contribution < -0.4 is 16.0 Å². The van der Waals surface area contributed by atoms with Crippen molar-refractivity contribution in [1.82, 2.24) is 10.6 Å². The van der Waals surface area contributed by atoms with Gasteiger partial charge in [-0.25, -0.2) is 4.79 Å². The topological polar surface area (TPSA) is 96.5 Å². The van der Waals surface area contributed by atoms with Crippen LogP contribution in [0.15, 0.2) is 24.3 Å². The summed E-state index contributed by atoms with van der Waals surface area (Å²) >= 11 is 0. The van der Waals surface area contributed by atoms with E-state index in [9.17, 15) is 27.6 Å². The third-order valence-corrected chi connectivity index (χ3v) is 3.02. The van der Waals surface area contributed by atoms with Crippen molar-refractivity contribution < 1.29 is 32.3 Å². The van der Waals surface area contributed by atoms with Crippen molar-refractivity contribution in [1.29, 1.82) is 0 Å². The molecule has 3 amide bonds. The quantitative estimate of drug-likeness (QED) is 0.697. The molecule has 150 valence electrons. The Morgan fingerprint density at radius 2 is 1.67 bits per heavy atom. The smallest absolute Gasteiger partial charge is 0.444 e. The van der Waals surface area contributed by atoms with E-state index in [-0.39, 0.29) is 25.2 Å². The van der Waals surface area contributed by atoms with E-state index in [1.165, 1.54) is 18.2 Å². The van der Waals surface area contributed by atoms with Crippen LogP contribution in [0.25, 0.3) is 0 Å². The predicted octanol–water partition coefficient (Wildman–Crippen LogP) is 2.72. The van der Waals surface area contributed by atoms with E-state index in [2.05, 4.69) is 10.6 Å². The van der Waals surface area contributed by atoms with Crippen molar-refractivity contribution >= 4 is 23.6 Å². The monoisotopic (exact) mass is 389 g/mol. The van der Waals surface area contributed by atoms with Gasteiger partial charge in [-0.15, -0.1) is 0 Å². The zero-order chi connectivity index (χ0) is 20.7. The molecule has 0 saturated heterocycles. The van der Waals surface area contributed by atoms with Crippen LogP contribution in [0, 0.1) is 0 Å². The van der Waals surface area contributed by atoms with Crippen LogP contribution in [-0.2, 0) is 20.9 Å². The number of carbonyl (C=O) groups excluding carboxylic acids is 3. The molecule has 3 N–H and O–H groups in total. The number of ether oxygens (including phenoxy) is 1. The van der Waals surface area contributed by atoms with Crippen LogP contribution in [-0.4, -0.2) is 36.2 Å². The molecule has 1 aromatic carbocycles. The first-order valence-electron chi connectivity index (χ1n) is 8.08. The predicted molar refractivity (Wildman–Crippen MR) is 91.8 cm³/mol. The molecule has 1 aromatic rings. The fraction of sp³-hybridized carbons (Fsp3) is 0.471. The van der Waals surface area contributed by atoms with Crippen LogP contribution >= 0.6 is 0 Å². The minimum atomic E-state index is -5.01. The van der Waals surface area contributed by atoms with Crippen molar-refractivity contribution in [3.8, 4) is 0 Å². The van der Waals surface area contributed by atoms with Crippen molar-refractivity contribution in [2.24, 2.45) is 0 Å². The number of amides is 3. The highest BCUT2D eigenvalue weighted by molar-refractivity contribution is 5.95. The number of hydrogen-bond acceptors (Lipinski definition) is 4. The highest BCUT2D eigenvalue weighted by Crippen LogP contribution is 2.20. The summed E-state index contributed by atoms with van der Waals surface area (Å²) in [7, 11) is 0. The van der Waals surface area contributed by atoms with Gasteiger partial charge in [-0.1, -0.05) is 18.2 Å². The lowest BCUT2D eigenvalue weighted by Crippen LogP contribution is -2.35. The Hall–Kier alpha value is -2.78. The fourth-order valence-electron chi connectivity index (χ4n) is 1.86. The lowest BCUT2D eigenvalue weighted by Gasteiger charge is -2.19. The summed E-state index contributed by atoms with van der Waals surface area (Å²) in [5.74, 6) is -2.52. The van der Waals surface area contributed by atoms with Crippen LogP contribution in [0.5, 0.6) is 0 Å². The number of hydrogen-bond donors (Lipinski definition) is 3. The Labute approximate surface area is 154 Å². The van der Waals surface area contributed by atoms with Gasteiger partial charge in [0.2, 0.25) is 5.91 Å². The van der Waals surface area contributed by atoms with Gasteiger partial charge in [0.1, 0.15) is 5.60 Å². The first-order chi connectivity index (χ1) is 12.4. The minimum Gasteiger partial charge on any atom is -0.444 e. The average Bonchev–Trinajstić information content (AvgIpc) is 2.51. The molecule has 0 fully saturated rings. The van der Waals surface area contributed by atoms with E-state index < -0.39 is 29.7 Å². The van der Waals surface area contributed by atoms with Gasteiger partial charge in [0.05, 0.1) is 0 Å². The Morgan fingerprint density at radius 3 is 2.26 bits per heavy atom. The summed E-state index contributed by atoms with van der Waals surface area (Å²) in [6, 6.07) is 5.80. The van der Waals surface area contributed by atoms with Crippen LogP contribution in [0.1, 0.15) is 32.8 Å². The standard InChI is InChI=1S/C17H22F3N3O4/c1-16(2,3)27-15(26)21-9-8-13(24)22-10-11-6-4-5-7-12(11)23-14(25)17(18,19)20/h4-7H,8-10H2,1-3H3,(H,21,26)(H,22,24)(H,23,25). The lowest BCUT2D eigenvalue weighted by molar-refractivity contribution is -0.167. The van der Waals surface area contributed by atoms with Gasteiger partial charge >= 0.3 is 18.2 Å². The Morgan fingerprint density at radius 1 is 1.04 bits per heavy atom. The van der Waals surface area contributed by atoms with Crippen molar-refractivity contribution in [2.45, 2.75) is 45.5 Å². The first-order valence-corrected chi connectivity index (χ1v) is 8.08. The van der Waals surface area contributed by atoms with Crippen molar-refractivity contribution in [2.75, 3.05) is 11.9 Å². The summed E-state index contributed by atoms with van der Waals surface area (Å²) in [6.45, 7) is 5.06. The molecule has 7 nitrogen and oxygen atoms in total. The summed E-state index contributed by atoms with van der Waals surface area (Å²) in [5.41, 5.74) is -0.396. The molecule has 27 heavy (non-hydrogen) atoms. The number of nitrogens with one attached hydrogen (secondary N) is 3. The maximum absolute atomic E-state index is 12.4. The van der Waals surface area contributed by atoms with Crippen molar-refractivity contribution in [3.05, 3.63) is 29.8 Å². The van der Waals surface area contributed by atoms with Gasteiger partial charge < -0.3 is 20.7 Å². The number of carbonyl (C=O) groups is 3. The van der Waals surface area contributed by atoms with Gasteiger partial charge in [0, 0.05) is 25.2 Å². The van der Waals surface area contributed by atoms with Crippen LogP contribution in [0.4, 0.5) is 23.7 Å². The van der Waals surface area contributed by atoms with Gasteiger partial charge in [-0.3, -0.25) is 9.59 Å². The highest BCUT2D eigenvalue weighted by Gasteiger charge is 2.38. The molecule has 0 unspecified atom stereocenters. The van der Waals surface area contributed by atoms with E-state index in [4.69, 9.17) is 4.74 Å². The normalized spacial score (nSPS) is 11.5. The molecule has 0 aromatic heterocycles. The number of alkyl carbamates (subject to hydrolysis) is 1. The van der Waals surface area contributed by atoms with E-state index in [1.807, 2.05) is 0 Å². The van der Waals surface area contributed by atoms with E-state index in [0.29, 0.717) is 5.56 Å². The maximum atomic E-state index is 12.4. The van der Waals surface area contributed by atoms with Gasteiger partial charge in [0.15, 0.2) is 0 Å². The number of rotatable bonds is 6. The minimum absolute atomic E-state index is 0.0349. The van der Waals surface area contributed by atoms with E-state index in [0.717, 1.165) is 0 Å². The number of benzene rings is 1. The zero-order valence-corrected chi connectivity index (χ0v) is 15.2. The number of halogens is 3. The Balaban J connectivity index is 2.48. The zero-order valence-electron chi connectivity index (χ0n) is 15.2. The molecule has 1 rings (SSSR count). The lowest BCUT2D eigenvalue weighted by atomic mass is 10.1. The molecule has 0 heterocycles. The number of alkyl halides is 3. The van der Waals surface area contributed by atoms with Gasteiger partial charge in [0.25, 0.3) is 0 Å². The number of para-hydroxylation sites is 1. The number of anilines is 1. The highest BCUT2D eigenvalue weighted by atomic mass is 19.4. The van der Waals surface area contributed by atoms with Gasteiger partial charge in [-0.05, 0) is 32.4 Å². The van der Waals surface area contributed by atoms with E-state index >= 15 is 0 Å². The molecule has 0 spiro atoms. The molecule has 10 heteroatoms. The summed E-state index contributed by atoms with van der Waals surface area (Å²) in [6.07, 6.45) is -5.71. The van der Waals surface area contributed by atoms with Crippen LogP contribution in [0.2, 0.25) is 0 Å². The largest absolute Gasteiger partial charge is 0.471 e. The first kappa shape index (κ1) is 22.3. The third-order valence-electron chi connectivity index (χ3n) is 3.02. The molecular weight excluding hydrogens is 367 g/mol. The summed E-state index contributed by atoms with van der Waals surface area (Å²) in [5, 5.41) is 6.69. The summed E-state index contributed by atoms with van der Waals surface area (Å²) < 4.78 is 42.1. The second kappa shape index (κ2) is 9.24. The second-order valence-corrected chi connectivity index (χ2v) is 6.56. The Kier molecular flexibility index (Phi) is 7.62. The molecule has 0 saturated carbocycles. The van der Waals surface area contributed by atoms with Crippen LogP contribution in [0.3, 0.4) is 0 Å². The molecule has 0 aliphatic heterocycles. The molecular formula is C17H22F3N3O4. The van der Waals surface area contributed by atoms with E-state index in [1.54, 1.807) is 32.2 Å². The SMILES string of the molecule is CC(C)(C)OC(=O)NCCC(=O)NCc1ccccc1NC(=O)C(F)(F)F. The van der Waals surface area contributed by atoms with Crippen molar-refractivity contribution in [3.63, 3.8) is 0 Å². The molecule has 0 radical (unpaired) electrons. The molecule has 0 aliphatic rings. The molecule has 0 aliphatic carbocycles. The summed E-state index contributed by atoms with van der Waals surface area (Å²) in [4.78, 5) is 34.3. The molecule has 0 atom stereocenters. The third kappa shape index (κ3) is 8.93. The van der Waals surface area contributed by atoms with Gasteiger partial charge in [-0.2, -0.15) is 13.2 Å². The maximum Gasteiger partial charge on any atom is 0.471 e. The second-order valence-electron chi connectivity index (χ2n) is 6.56. The fourth-order valence-corrected chi connectivity index (χ4v) is 1.86. The Bertz CT molecular complexity index is 685. The molecule has 0 bridgehead atoms.